The lowest BCUT2D eigenvalue weighted by atomic mass is 9.95. The first-order valence-electron chi connectivity index (χ1n) is 9.71. The second-order valence-corrected chi connectivity index (χ2v) is 7.42. The van der Waals surface area contributed by atoms with Crippen molar-refractivity contribution in [1.82, 2.24) is 0 Å². The van der Waals surface area contributed by atoms with Crippen molar-refractivity contribution in [3.8, 4) is 0 Å². The lowest BCUT2D eigenvalue weighted by Gasteiger charge is -2.09. The minimum Gasteiger partial charge on any atom is -0.118 e. The van der Waals surface area contributed by atoms with Crippen molar-refractivity contribution < 1.29 is 0 Å². The van der Waals surface area contributed by atoms with Gasteiger partial charge in [-0.25, -0.2) is 0 Å². The first-order valence-corrected chi connectivity index (χ1v) is 9.71. The molecule has 2 rings (SSSR count). The van der Waals surface area contributed by atoms with Gasteiger partial charge in [0, 0.05) is 5.57 Å². The van der Waals surface area contributed by atoms with Crippen LogP contribution in [0.5, 0.6) is 0 Å². The lowest BCUT2D eigenvalue weighted by molar-refractivity contribution is 0.544. The fraction of sp³-hybridized carbons (Fsp3) is 0.609. The van der Waals surface area contributed by atoms with Gasteiger partial charge in [-0.3, -0.25) is 0 Å². The number of allylic oxidation sites excluding steroid dienone is 1. The van der Waals surface area contributed by atoms with Crippen LogP contribution in [0, 0.1) is 12.8 Å². The molecule has 1 aliphatic carbocycles. The molecule has 0 nitrogen and oxygen atoms in total. The van der Waals surface area contributed by atoms with Gasteiger partial charge in [-0.15, -0.1) is 5.73 Å². The predicted molar refractivity (Wildman–Crippen MR) is 103 cm³/mol. The third-order valence-corrected chi connectivity index (χ3v) is 5.11. The van der Waals surface area contributed by atoms with Crippen molar-refractivity contribution in [2.45, 2.75) is 85.0 Å². The summed E-state index contributed by atoms with van der Waals surface area (Å²) in [6.07, 6.45) is 13.4. The van der Waals surface area contributed by atoms with Crippen LogP contribution >= 0.6 is 0 Å². The van der Waals surface area contributed by atoms with Crippen LogP contribution in [0.4, 0.5) is 0 Å². The Bertz CT molecular complexity index is 520. The van der Waals surface area contributed by atoms with E-state index in [9.17, 15) is 0 Å². The van der Waals surface area contributed by atoms with E-state index in [4.69, 9.17) is 0 Å². The largest absolute Gasteiger partial charge is 0.118 e. The van der Waals surface area contributed by atoms with E-state index in [-0.39, 0.29) is 0 Å². The van der Waals surface area contributed by atoms with E-state index >= 15 is 0 Å². The Morgan fingerprint density at radius 2 is 1.74 bits per heavy atom. The van der Waals surface area contributed by atoms with Crippen LogP contribution < -0.4 is 0 Å². The highest BCUT2D eigenvalue weighted by atomic mass is 14.2. The number of hydrogen-bond donors (Lipinski definition) is 0. The van der Waals surface area contributed by atoms with Crippen LogP contribution in [0.2, 0.25) is 0 Å². The van der Waals surface area contributed by atoms with Gasteiger partial charge in [-0.2, -0.15) is 0 Å². The molecule has 0 amide bonds. The Morgan fingerprint density at radius 1 is 1.04 bits per heavy atom. The smallest absolute Gasteiger partial charge is 0.00114 e. The average Bonchev–Trinajstić information content (AvgIpc) is 3.04. The quantitative estimate of drug-likeness (QED) is 0.345. The van der Waals surface area contributed by atoms with E-state index in [1.807, 2.05) is 0 Å². The third kappa shape index (κ3) is 6.40. The molecule has 0 N–H and O–H groups in total. The molecule has 1 aromatic carbocycles. The van der Waals surface area contributed by atoms with Crippen molar-refractivity contribution in [2.24, 2.45) is 5.92 Å². The van der Waals surface area contributed by atoms with E-state index in [0.29, 0.717) is 0 Å². The van der Waals surface area contributed by atoms with Crippen molar-refractivity contribution in [1.29, 1.82) is 0 Å². The summed E-state index contributed by atoms with van der Waals surface area (Å²) in [5, 5.41) is 0. The second-order valence-electron chi connectivity index (χ2n) is 7.42. The van der Waals surface area contributed by atoms with Gasteiger partial charge in [0.25, 0.3) is 0 Å². The van der Waals surface area contributed by atoms with E-state index in [0.717, 1.165) is 5.92 Å². The van der Waals surface area contributed by atoms with Crippen LogP contribution in [0.25, 0.3) is 5.57 Å². The number of rotatable bonds is 8. The molecule has 0 radical (unpaired) electrons. The zero-order valence-corrected chi connectivity index (χ0v) is 15.5. The minimum atomic E-state index is 0.918. The highest BCUT2D eigenvalue weighted by Gasteiger charge is 2.15. The summed E-state index contributed by atoms with van der Waals surface area (Å²) in [5.41, 5.74) is 9.39. The van der Waals surface area contributed by atoms with E-state index in [1.165, 1.54) is 86.5 Å². The lowest BCUT2D eigenvalue weighted by Crippen LogP contribution is -1.93. The van der Waals surface area contributed by atoms with Gasteiger partial charge in [0.15, 0.2) is 0 Å². The Kier molecular flexibility index (Phi) is 7.69. The standard InChI is InChI=1S/C23H34/c1-4-5-6-7-12-23(22-15-13-19(2)14-16-22)18-20(3)17-21-10-8-9-11-21/h13-16,21H,4-12,17H2,1-3H3. The highest BCUT2D eigenvalue weighted by molar-refractivity contribution is 5.65. The van der Waals surface area contributed by atoms with Crippen LogP contribution in [-0.4, -0.2) is 0 Å². The fourth-order valence-corrected chi connectivity index (χ4v) is 3.72. The van der Waals surface area contributed by atoms with Crippen molar-refractivity contribution in [3.63, 3.8) is 0 Å². The molecule has 1 fully saturated rings. The number of unbranched alkanes of at least 4 members (excludes halogenated alkanes) is 3. The van der Waals surface area contributed by atoms with Crippen molar-refractivity contribution in [3.05, 3.63) is 46.7 Å². The summed E-state index contributed by atoms with van der Waals surface area (Å²) in [4.78, 5) is 0. The van der Waals surface area contributed by atoms with Gasteiger partial charge in [0.1, 0.15) is 0 Å². The molecule has 0 spiro atoms. The molecule has 0 heteroatoms. The maximum atomic E-state index is 3.79. The Labute approximate surface area is 143 Å². The SMILES string of the molecule is CCCCCCC(=C=C(C)CC1CCCC1)c1ccc(C)cc1. The normalized spacial score (nSPS) is 14.7. The first kappa shape index (κ1) is 18.1. The maximum absolute atomic E-state index is 3.79. The van der Waals surface area contributed by atoms with E-state index in [1.54, 1.807) is 0 Å². The number of benzene rings is 1. The fourth-order valence-electron chi connectivity index (χ4n) is 3.72. The van der Waals surface area contributed by atoms with Gasteiger partial charge in [0.05, 0.1) is 0 Å². The molecule has 0 aromatic heterocycles. The summed E-state index contributed by atoms with van der Waals surface area (Å²) in [5.74, 6) is 0.918. The van der Waals surface area contributed by atoms with Crippen molar-refractivity contribution in [2.75, 3.05) is 0 Å². The van der Waals surface area contributed by atoms with Gasteiger partial charge in [0.2, 0.25) is 0 Å². The molecular formula is C23H34. The molecular weight excluding hydrogens is 276 g/mol. The molecule has 0 atom stereocenters. The molecule has 23 heavy (non-hydrogen) atoms. The molecule has 0 heterocycles. The monoisotopic (exact) mass is 310 g/mol. The summed E-state index contributed by atoms with van der Waals surface area (Å²) < 4.78 is 0. The Morgan fingerprint density at radius 3 is 2.39 bits per heavy atom. The molecule has 0 bridgehead atoms. The van der Waals surface area contributed by atoms with Gasteiger partial charge < -0.3 is 0 Å². The van der Waals surface area contributed by atoms with Crippen LogP contribution in [0.1, 0.15) is 89.2 Å². The number of aryl methyl sites for hydroxylation is 1. The van der Waals surface area contributed by atoms with Crippen LogP contribution in [0.15, 0.2) is 35.6 Å². The number of hydrogen-bond acceptors (Lipinski definition) is 0. The van der Waals surface area contributed by atoms with E-state index < -0.39 is 0 Å². The summed E-state index contributed by atoms with van der Waals surface area (Å²) >= 11 is 0. The van der Waals surface area contributed by atoms with Crippen LogP contribution in [0.3, 0.4) is 0 Å². The van der Waals surface area contributed by atoms with Gasteiger partial charge >= 0.3 is 0 Å². The Hall–Kier alpha value is -1.26. The molecule has 0 unspecified atom stereocenters. The second kappa shape index (κ2) is 9.78. The molecule has 0 aliphatic heterocycles. The first-order chi connectivity index (χ1) is 11.2. The predicted octanol–water partition coefficient (Wildman–Crippen LogP) is 7.47. The minimum absolute atomic E-state index is 0.918. The Balaban J connectivity index is 2.12. The van der Waals surface area contributed by atoms with Crippen molar-refractivity contribution >= 4 is 5.57 Å². The summed E-state index contributed by atoms with van der Waals surface area (Å²) in [6.45, 7) is 6.73. The van der Waals surface area contributed by atoms with Gasteiger partial charge in [-0.1, -0.05) is 81.7 Å². The summed E-state index contributed by atoms with van der Waals surface area (Å²) in [6, 6.07) is 9.02. The average molecular weight is 311 g/mol. The third-order valence-electron chi connectivity index (χ3n) is 5.11. The molecule has 1 aromatic rings. The maximum Gasteiger partial charge on any atom is 0.00114 e. The zero-order chi connectivity index (χ0) is 16.5. The molecule has 1 saturated carbocycles. The zero-order valence-electron chi connectivity index (χ0n) is 15.5. The van der Waals surface area contributed by atoms with Crippen LogP contribution in [-0.2, 0) is 0 Å². The summed E-state index contributed by atoms with van der Waals surface area (Å²) in [7, 11) is 0. The molecule has 1 aliphatic rings. The topological polar surface area (TPSA) is 0 Å². The molecule has 126 valence electrons. The van der Waals surface area contributed by atoms with Gasteiger partial charge in [-0.05, 0) is 50.2 Å². The van der Waals surface area contributed by atoms with E-state index in [2.05, 4.69) is 50.8 Å². The molecule has 0 saturated heterocycles. The highest BCUT2D eigenvalue weighted by Crippen LogP contribution is 2.30.